The van der Waals surface area contributed by atoms with E-state index in [4.69, 9.17) is 16.7 Å². The minimum absolute atomic E-state index is 0.0144. The van der Waals surface area contributed by atoms with Gasteiger partial charge in [0.15, 0.2) is 5.69 Å². The van der Waals surface area contributed by atoms with Crippen molar-refractivity contribution in [1.82, 2.24) is 15.0 Å². The zero-order valence-electron chi connectivity index (χ0n) is 11.0. The van der Waals surface area contributed by atoms with Gasteiger partial charge in [-0.1, -0.05) is 29.8 Å². The summed E-state index contributed by atoms with van der Waals surface area (Å²) >= 11 is 6.01. The minimum atomic E-state index is -1.19. The molecule has 0 spiro atoms. The molecule has 0 fully saturated rings. The zero-order chi connectivity index (χ0) is 15.6. The zero-order valence-corrected chi connectivity index (χ0v) is 11.7. The Labute approximate surface area is 124 Å². The largest absolute Gasteiger partial charge is 0.476 e. The van der Waals surface area contributed by atoms with E-state index in [1.807, 2.05) is 0 Å². The van der Waals surface area contributed by atoms with Crippen LogP contribution in [0.1, 0.15) is 28.7 Å². The highest BCUT2D eigenvalue weighted by Gasteiger charge is 2.22. The van der Waals surface area contributed by atoms with E-state index in [0.717, 1.165) is 0 Å². The summed E-state index contributed by atoms with van der Waals surface area (Å²) in [6.07, 6.45) is 0.382. The van der Waals surface area contributed by atoms with Crippen LogP contribution < -0.4 is 0 Å². The quantitative estimate of drug-likeness (QED) is 0.669. The number of aromatic carboxylic acids is 1. The van der Waals surface area contributed by atoms with Crippen molar-refractivity contribution in [3.05, 3.63) is 50.3 Å². The third-order valence-electron chi connectivity index (χ3n) is 2.97. The van der Waals surface area contributed by atoms with Gasteiger partial charge in [0.05, 0.1) is 27.7 Å². The summed E-state index contributed by atoms with van der Waals surface area (Å²) in [7, 11) is 0. The summed E-state index contributed by atoms with van der Waals surface area (Å²) in [5, 5.41) is 27.6. The molecule has 0 atom stereocenters. The third-order valence-corrected chi connectivity index (χ3v) is 3.33. The fourth-order valence-electron chi connectivity index (χ4n) is 2.00. The van der Waals surface area contributed by atoms with E-state index in [9.17, 15) is 14.9 Å². The first-order valence-corrected chi connectivity index (χ1v) is 6.41. The molecule has 0 bridgehead atoms. The smallest absolute Gasteiger partial charge is 0.358 e. The van der Waals surface area contributed by atoms with Gasteiger partial charge in [0.2, 0.25) is 0 Å². The number of carboxylic acid groups (broad SMARTS) is 1. The molecule has 2 aromatic rings. The highest BCUT2D eigenvalue weighted by molar-refractivity contribution is 6.31. The Hall–Kier alpha value is -2.48. The molecular formula is C12H11ClN4O4. The van der Waals surface area contributed by atoms with E-state index >= 15 is 0 Å². The van der Waals surface area contributed by atoms with Crippen LogP contribution in [0.3, 0.4) is 0 Å². The Balaban J connectivity index is 2.48. The maximum absolute atomic E-state index is 11.0. The predicted octanol–water partition coefficient (Wildman–Crippen LogP) is 2.15. The van der Waals surface area contributed by atoms with E-state index in [-0.39, 0.29) is 28.5 Å². The summed E-state index contributed by atoms with van der Waals surface area (Å²) in [4.78, 5) is 21.5. The van der Waals surface area contributed by atoms with Gasteiger partial charge in [-0.15, -0.1) is 5.10 Å². The Morgan fingerprint density at radius 1 is 1.52 bits per heavy atom. The van der Waals surface area contributed by atoms with Crippen LogP contribution in [0.25, 0.3) is 0 Å². The van der Waals surface area contributed by atoms with Gasteiger partial charge in [-0.2, -0.15) is 0 Å². The molecule has 21 heavy (non-hydrogen) atoms. The van der Waals surface area contributed by atoms with Crippen molar-refractivity contribution in [3.63, 3.8) is 0 Å². The van der Waals surface area contributed by atoms with E-state index in [2.05, 4.69) is 10.3 Å². The van der Waals surface area contributed by atoms with Crippen molar-refractivity contribution in [1.29, 1.82) is 0 Å². The van der Waals surface area contributed by atoms with Crippen LogP contribution in [-0.2, 0) is 13.0 Å². The van der Waals surface area contributed by atoms with Crippen LogP contribution in [0.2, 0.25) is 5.02 Å². The molecule has 8 nitrogen and oxygen atoms in total. The van der Waals surface area contributed by atoms with Gasteiger partial charge in [-0.25, -0.2) is 9.48 Å². The van der Waals surface area contributed by atoms with E-state index in [1.54, 1.807) is 6.92 Å². The average molecular weight is 311 g/mol. The highest BCUT2D eigenvalue weighted by atomic mass is 35.5. The fourth-order valence-corrected chi connectivity index (χ4v) is 2.23. The summed E-state index contributed by atoms with van der Waals surface area (Å²) in [6.45, 7) is 1.74. The van der Waals surface area contributed by atoms with Gasteiger partial charge in [0.1, 0.15) is 0 Å². The lowest BCUT2D eigenvalue weighted by Crippen LogP contribution is -2.10. The van der Waals surface area contributed by atoms with Gasteiger partial charge in [-0.3, -0.25) is 10.1 Å². The van der Waals surface area contributed by atoms with Gasteiger partial charge in [-0.05, 0) is 12.5 Å². The van der Waals surface area contributed by atoms with Crippen molar-refractivity contribution < 1.29 is 14.8 Å². The lowest BCUT2D eigenvalue weighted by molar-refractivity contribution is -0.385. The summed E-state index contributed by atoms with van der Waals surface area (Å²) in [5.41, 5.74) is 0.349. The van der Waals surface area contributed by atoms with Gasteiger partial charge < -0.3 is 5.11 Å². The molecule has 2 rings (SSSR count). The first-order chi connectivity index (χ1) is 9.95. The van der Waals surface area contributed by atoms with Crippen LogP contribution in [0, 0.1) is 10.1 Å². The maximum atomic E-state index is 11.0. The molecule has 0 saturated carbocycles. The Morgan fingerprint density at radius 2 is 2.24 bits per heavy atom. The molecule has 110 valence electrons. The lowest BCUT2D eigenvalue weighted by atomic mass is 10.1. The van der Waals surface area contributed by atoms with Gasteiger partial charge >= 0.3 is 5.97 Å². The molecule has 1 N–H and O–H groups in total. The molecule has 1 aromatic heterocycles. The molecule has 0 unspecified atom stereocenters. The van der Waals surface area contributed by atoms with E-state index < -0.39 is 10.9 Å². The second-order valence-corrected chi connectivity index (χ2v) is 4.60. The van der Waals surface area contributed by atoms with Gasteiger partial charge in [0, 0.05) is 6.07 Å². The molecule has 0 saturated heterocycles. The number of benzene rings is 1. The molecule has 1 heterocycles. The molecule has 0 radical (unpaired) electrons. The normalized spacial score (nSPS) is 10.6. The number of hydrogen-bond acceptors (Lipinski definition) is 5. The third kappa shape index (κ3) is 2.84. The number of carboxylic acids is 1. The lowest BCUT2D eigenvalue weighted by Gasteiger charge is -2.07. The predicted molar refractivity (Wildman–Crippen MR) is 73.6 cm³/mol. The molecule has 0 amide bonds. The molecule has 1 aromatic carbocycles. The summed E-state index contributed by atoms with van der Waals surface area (Å²) in [6, 6.07) is 4.35. The molecule has 0 aliphatic rings. The standard InChI is InChI=1S/C12H11ClN4O4/c1-2-9-11(12(18)19)14-15-16(9)6-7-8(13)4-3-5-10(7)17(20)21/h3-5H,2,6H2,1H3,(H,18,19). The number of carbonyl (C=O) groups is 1. The molecule has 0 aliphatic carbocycles. The van der Waals surface area contributed by atoms with Gasteiger partial charge in [0.25, 0.3) is 5.69 Å². The van der Waals surface area contributed by atoms with Crippen LogP contribution in [0.5, 0.6) is 0 Å². The molecular weight excluding hydrogens is 300 g/mol. The number of halogens is 1. The van der Waals surface area contributed by atoms with Crippen molar-refractivity contribution in [2.45, 2.75) is 19.9 Å². The van der Waals surface area contributed by atoms with Crippen LogP contribution >= 0.6 is 11.6 Å². The first-order valence-electron chi connectivity index (χ1n) is 6.03. The molecule has 0 aliphatic heterocycles. The Kier molecular flexibility index (Phi) is 4.18. The van der Waals surface area contributed by atoms with Crippen LogP contribution in [0.4, 0.5) is 5.69 Å². The molecule has 9 heteroatoms. The van der Waals surface area contributed by atoms with Crippen molar-refractivity contribution in [2.75, 3.05) is 0 Å². The fraction of sp³-hybridized carbons (Fsp3) is 0.250. The van der Waals surface area contributed by atoms with E-state index in [0.29, 0.717) is 12.1 Å². The number of nitrogens with zero attached hydrogens (tertiary/aromatic N) is 4. The Morgan fingerprint density at radius 3 is 2.81 bits per heavy atom. The second kappa shape index (κ2) is 5.88. The van der Waals surface area contributed by atoms with Crippen molar-refractivity contribution in [3.8, 4) is 0 Å². The number of nitro groups is 1. The second-order valence-electron chi connectivity index (χ2n) is 4.20. The maximum Gasteiger partial charge on any atom is 0.358 e. The monoisotopic (exact) mass is 310 g/mol. The van der Waals surface area contributed by atoms with Crippen LogP contribution in [-0.4, -0.2) is 31.0 Å². The minimum Gasteiger partial charge on any atom is -0.476 e. The van der Waals surface area contributed by atoms with Crippen molar-refractivity contribution >= 4 is 23.3 Å². The number of aromatic nitrogens is 3. The number of hydrogen-bond donors (Lipinski definition) is 1. The topological polar surface area (TPSA) is 111 Å². The van der Waals surface area contributed by atoms with Crippen molar-refractivity contribution in [2.24, 2.45) is 0 Å². The Bertz CT molecular complexity index is 713. The van der Waals surface area contributed by atoms with Crippen LogP contribution in [0.15, 0.2) is 18.2 Å². The summed E-state index contributed by atoms with van der Waals surface area (Å²) < 4.78 is 1.32. The highest BCUT2D eigenvalue weighted by Crippen LogP contribution is 2.27. The SMILES string of the molecule is CCc1c(C(=O)O)nnn1Cc1c(Cl)cccc1[N+](=O)[O-]. The average Bonchev–Trinajstić information content (AvgIpc) is 2.83. The first kappa shape index (κ1) is 14.9. The van der Waals surface area contributed by atoms with E-state index in [1.165, 1.54) is 22.9 Å². The number of nitro benzene ring substituents is 1. The number of rotatable bonds is 5. The summed E-state index contributed by atoms with van der Waals surface area (Å²) in [5.74, 6) is -1.19.